The van der Waals surface area contributed by atoms with Crippen molar-refractivity contribution in [3.63, 3.8) is 0 Å². The van der Waals surface area contributed by atoms with Crippen LogP contribution >= 0.6 is 23.5 Å². The zero-order valence-electron chi connectivity index (χ0n) is 11.8. The number of carbonyl (C=O) groups is 1. The molecule has 1 N–H and O–H groups in total. The molecule has 0 aliphatic rings. The molecule has 1 unspecified atom stereocenters. The summed E-state index contributed by atoms with van der Waals surface area (Å²) in [4.78, 5) is 15.4. The summed E-state index contributed by atoms with van der Waals surface area (Å²) in [7, 11) is 0. The average Bonchev–Trinajstić information content (AvgIpc) is 2.74. The maximum Gasteiger partial charge on any atom is 0.313 e. The minimum Gasteiger partial charge on any atom is -0.481 e. The molecule has 0 aliphatic heterocycles. The summed E-state index contributed by atoms with van der Waals surface area (Å²) >= 11 is 3.06. The van der Waals surface area contributed by atoms with Gasteiger partial charge in [-0.1, -0.05) is 17.8 Å². The molecular formula is C14H18N2O2S2. The fourth-order valence-electron chi connectivity index (χ4n) is 2.15. The van der Waals surface area contributed by atoms with E-state index in [9.17, 15) is 4.79 Å². The predicted octanol–water partition coefficient (Wildman–Crippen LogP) is 3.45. The van der Waals surface area contributed by atoms with Crippen molar-refractivity contribution < 1.29 is 9.90 Å². The number of nitrogens with zero attached hydrogens (tertiary/aromatic N) is 2. The Hall–Kier alpha value is -1.14. The average molecular weight is 310 g/mol. The Kier molecular flexibility index (Phi) is 4.99. The lowest BCUT2D eigenvalue weighted by Gasteiger charge is -2.16. The van der Waals surface area contributed by atoms with Crippen LogP contribution in [-0.4, -0.2) is 38.4 Å². The van der Waals surface area contributed by atoms with Gasteiger partial charge in [0.1, 0.15) is 0 Å². The predicted molar refractivity (Wildman–Crippen MR) is 85.9 cm³/mol. The van der Waals surface area contributed by atoms with E-state index in [1.807, 2.05) is 12.1 Å². The van der Waals surface area contributed by atoms with Gasteiger partial charge in [0.2, 0.25) is 0 Å². The highest BCUT2D eigenvalue weighted by Crippen LogP contribution is 2.29. The standard InChI is InChI=1S/C14H18N2O2S2/c1-9-4-5-11-12(6-9)16(10(2)7-19-3)14(15-11)20-8-13(17)18/h4-6,10H,7-8H2,1-3H3,(H,17,18). The molecule has 2 aromatic rings. The van der Waals surface area contributed by atoms with E-state index < -0.39 is 5.97 Å². The quantitative estimate of drug-likeness (QED) is 0.828. The van der Waals surface area contributed by atoms with Crippen molar-refractivity contribution in [3.05, 3.63) is 23.8 Å². The Morgan fingerprint density at radius 2 is 2.25 bits per heavy atom. The maximum atomic E-state index is 10.8. The van der Waals surface area contributed by atoms with Crippen molar-refractivity contribution in [2.24, 2.45) is 0 Å². The summed E-state index contributed by atoms with van der Waals surface area (Å²) in [5.74, 6) is 0.191. The van der Waals surface area contributed by atoms with Gasteiger partial charge in [-0.05, 0) is 37.8 Å². The fraction of sp³-hybridized carbons (Fsp3) is 0.429. The second-order valence-electron chi connectivity index (χ2n) is 4.74. The zero-order chi connectivity index (χ0) is 14.7. The number of fused-ring (bicyclic) bond motifs is 1. The summed E-state index contributed by atoms with van der Waals surface area (Å²) in [5, 5.41) is 9.65. The smallest absolute Gasteiger partial charge is 0.313 e. The Morgan fingerprint density at radius 1 is 1.50 bits per heavy atom. The Labute approximate surface area is 127 Å². The van der Waals surface area contributed by atoms with Crippen LogP contribution in [-0.2, 0) is 4.79 Å². The monoisotopic (exact) mass is 310 g/mol. The molecule has 2 rings (SSSR count). The number of thioether (sulfide) groups is 2. The summed E-state index contributed by atoms with van der Waals surface area (Å²) in [6.07, 6.45) is 2.07. The molecule has 0 spiro atoms. The molecule has 6 heteroatoms. The third-order valence-corrected chi connectivity index (χ3v) is 4.74. The second-order valence-corrected chi connectivity index (χ2v) is 6.60. The van der Waals surface area contributed by atoms with Crippen LogP contribution in [0.15, 0.2) is 23.4 Å². The molecule has 1 aromatic carbocycles. The van der Waals surface area contributed by atoms with Crippen LogP contribution in [0.3, 0.4) is 0 Å². The first kappa shape index (κ1) is 15.3. The molecule has 0 fully saturated rings. The molecule has 0 bridgehead atoms. The molecule has 108 valence electrons. The van der Waals surface area contributed by atoms with Gasteiger partial charge in [0.25, 0.3) is 0 Å². The number of rotatable bonds is 6. The van der Waals surface area contributed by atoms with E-state index in [0.717, 1.165) is 21.9 Å². The van der Waals surface area contributed by atoms with Gasteiger partial charge in [-0.15, -0.1) is 0 Å². The van der Waals surface area contributed by atoms with Crippen LogP contribution in [0.2, 0.25) is 0 Å². The van der Waals surface area contributed by atoms with Crippen molar-refractivity contribution in [1.29, 1.82) is 0 Å². The molecule has 0 saturated carbocycles. The maximum absolute atomic E-state index is 10.8. The van der Waals surface area contributed by atoms with E-state index >= 15 is 0 Å². The number of aryl methyl sites for hydroxylation is 1. The van der Waals surface area contributed by atoms with Crippen LogP contribution in [0.5, 0.6) is 0 Å². The van der Waals surface area contributed by atoms with Gasteiger partial charge in [-0.25, -0.2) is 4.98 Å². The summed E-state index contributed by atoms with van der Waals surface area (Å²) in [6.45, 7) is 4.20. The molecular weight excluding hydrogens is 292 g/mol. The highest BCUT2D eigenvalue weighted by Gasteiger charge is 2.17. The third kappa shape index (κ3) is 3.30. The number of aromatic nitrogens is 2. The van der Waals surface area contributed by atoms with E-state index in [1.165, 1.54) is 17.3 Å². The zero-order valence-corrected chi connectivity index (χ0v) is 13.4. The minimum atomic E-state index is -0.817. The lowest BCUT2D eigenvalue weighted by molar-refractivity contribution is -0.133. The summed E-state index contributed by atoms with van der Waals surface area (Å²) < 4.78 is 2.16. The summed E-state index contributed by atoms with van der Waals surface area (Å²) in [5.41, 5.74) is 3.20. The summed E-state index contributed by atoms with van der Waals surface area (Å²) in [6, 6.07) is 6.43. The number of aliphatic carboxylic acids is 1. The fourth-order valence-corrected chi connectivity index (χ4v) is 3.62. The first-order chi connectivity index (χ1) is 9.52. The molecule has 0 amide bonds. The van der Waals surface area contributed by atoms with Crippen molar-refractivity contribution >= 4 is 40.5 Å². The topological polar surface area (TPSA) is 55.1 Å². The Morgan fingerprint density at radius 3 is 2.90 bits per heavy atom. The van der Waals surface area contributed by atoms with Gasteiger partial charge >= 0.3 is 5.97 Å². The number of carboxylic acid groups (broad SMARTS) is 1. The van der Waals surface area contributed by atoms with Gasteiger partial charge in [-0.3, -0.25) is 4.79 Å². The lowest BCUT2D eigenvalue weighted by Crippen LogP contribution is -2.10. The van der Waals surface area contributed by atoms with Crippen LogP contribution in [0, 0.1) is 6.92 Å². The van der Waals surface area contributed by atoms with Crippen LogP contribution < -0.4 is 0 Å². The number of carboxylic acids is 1. The normalized spacial score (nSPS) is 12.8. The Balaban J connectivity index is 2.48. The number of hydrogen-bond donors (Lipinski definition) is 1. The highest BCUT2D eigenvalue weighted by atomic mass is 32.2. The molecule has 1 heterocycles. The molecule has 1 aromatic heterocycles. The molecule has 20 heavy (non-hydrogen) atoms. The van der Waals surface area contributed by atoms with Gasteiger partial charge < -0.3 is 9.67 Å². The van der Waals surface area contributed by atoms with Crippen molar-refractivity contribution in [3.8, 4) is 0 Å². The highest BCUT2D eigenvalue weighted by molar-refractivity contribution is 7.99. The third-order valence-electron chi connectivity index (χ3n) is 2.99. The molecule has 0 radical (unpaired) electrons. The van der Waals surface area contributed by atoms with Crippen molar-refractivity contribution in [2.45, 2.75) is 25.0 Å². The molecule has 0 aliphatic carbocycles. The second kappa shape index (κ2) is 6.54. The number of hydrogen-bond acceptors (Lipinski definition) is 4. The van der Waals surface area contributed by atoms with E-state index in [0.29, 0.717) is 0 Å². The lowest BCUT2D eigenvalue weighted by atomic mass is 10.2. The SMILES string of the molecule is CSCC(C)n1c(SCC(=O)O)nc2ccc(C)cc21. The van der Waals surface area contributed by atoms with E-state index in [1.54, 1.807) is 11.8 Å². The molecule has 0 saturated heterocycles. The number of imidazole rings is 1. The van der Waals surface area contributed by atoms with Gasteiger partial charge in [0, 0.05) is 11.8 Å². The first-order valence-electron chi connectivity index (χ1n) is 6.35. The van der Waals surface area contributed by atoms with Gasteiger partial charge in [0.05, 0.1) is 16.8 Å². The van der Waals surface area contributed by atoms with Gasteiger partial charge in [0.15, 0.2) is 5.16 Å². The van der Waals surface area contributed by atoms with Crippen LogP contribution in [0.25, 0.3) is 11.0 Å². The largest absolute Gasteiger partial charge is 0.481 e. The number of benzene rings is 1. The van der Waals surface area contributed by atoms with E-state index in [4.69, 9.17) is 5.11 Å². The van der Waals surface area contributed by atoms with E-state index in [-0.39, 0.29) is 11.8 Å². The van der Waals surface area contributed by atoms with Crippen molar-refractivity contribution in [1.82, 2.24) is 9.55 Å². The van der Waals surface area contributed by atoms with Gasteiger partial charge in [-0.2, -0.15) is 11.8 Å². The Bertz CT molecular complexity index is 625. The van der Waals surface area contributed by atoms with Crippen molar-refractivity contribution in [2.75, 3.05) is 17.8 Å². The first-order valence-corrected chi connectivity index (χ1v) is 8.73. The minimum absolute atomic E-state index is 0.0360. The van der Waals surface area contributed by atoms with Crippen LogP contribution in [0.1, 0.15) is 18.5 Å². The van der Waals surface area contributed by atoms with Crippen LogP contribution in [0.4, 0.5) is 0 Å². The molecule has 1 atom stereocenters. The van der Waals surface area contributed by atoms with E-state index in [2.05, 4.69) is 35.7 Å². The molecule has 4 nitrogen and oxygen atoms in total.